The van der Waals surface area contributed by atoms with Gasteiger partial charge in [-0.05, 0) is 36.4 Å². The van der Waals surface area contributed by atoms with E-state index in [0.29, 0.717) is 10.7 Å². The molecular weight excluding hydrogens is 370 g/mol. The van der Waals surface area contributed by atoms with Crippen LogP contribution in [-0.2, 0) is 4.79 Å². The molecule has 1 N–H and O–H groups in total. The summed E-state index contributed by atoms with van der Waals surface area (Å²) in [6.07, 6.45) is 1.82. The largest absolute Gasteiger partial charge is 0.483 e. The van der Waals surface area contributed by atoms with Crippen molar-refractivity contribution in [1.82, 2.24) is 0 Å². The molecule has 1 amide bonds. The first-order valence-electron chi connectivity index (χ1n) is 8.81. The van der Waals surface area contributed by atoms with Gasteiger partial charge in [0.1, 0.15) is 5.75 Å². The molecule has 1 heterocycles. The molecular formula is C23H17NO3S. The molecule has 0 aliphatic carbocycles. The third-order valence-corrected chi connectivity index (χ3v) is 5.30. The van der Waals surface area contributed by atoms with Gasteiger partial charge in [0.2, 0.25) is 5.78 Å². The zero-order valence-corrected chi connectivity index (χ0v) is 15.7. The number of thioether (sulfide) groups is 1. The third-order valence-electron chi connectivity index (χ3n) is 4.20. The van der Waals surface area contributed by atoms with Gasteiger partial charge in [-0.1, -0.05) is 60.3 Å². The third kappa shape index (κ3) is 4.00. The number of para-hydroxylation sites is 2. The molecule has 0 bridgehead atoms. The van der Waals surface area contributed by atoms with Crippen LogP contribution in [0.3, 0.4) is 0 Å². The lowest BCUT2D eigenvalue weighted by Crippen LogP contribution is -2.20. The Morgan fingerprint density at radius 1 is 0.929 bits per heavy atom. The number of benzene rings is 3. The number of nitrogens with one attached hydrogen (secondary N) is 1. The molecule has 28 heavy (non-hydrogen) atoms. The summed E-state index contributed by atoms with van der Waals surface area (Å²) in [5.41, 5.74) is 2.20. The van der Waals surface area contributed by atoms with Gasteiger partial charge in [0, 0.05) is 21.7 Å². The molecule has 0 saturated heterocycles. The second-order valence-electron chi connectivity index (χ2n) is 6.18. The van der Waals surface area contributed by atoms with E-state index in [4.69, 9.17) is 4.74 Å². The highest BCUT2D eigenvalue weighted by Gasteiger charge is 2.25. The van der Waals surface area contributed by atoms with Crippen molar-refractivity contribution in [3.8, 4) is 5.75 Å². The Hall–Kier alpha value is -3.31. The van der Waals surface area contributed by atoms with E-state index in [1.165, 1.54) is 11.8 Å². The van der Waals surface area contributed by atoms with Crippen molar-refractivity contribution in [2.75, 3.05) is 11.9 Å². The lowest BCUT2D eigenvalue weighted by atomic mass is 10.1. The highest BCUT2D eigenvalue weighted by atomic mass is 32.2. The first kappa shape index (κ1) is 18.1. The number of ether oxygens (including phenoxy) is 1. The first-order chi connectivity index (χ1) is 13.7. The van der Waals surface area contributed by atoms with Crippen molar-refractivity contribution >= 4 is 35.2 Å². The van der Waals surface area contributed by atoms with Gasteiger partial charge in [0.05, 0.1) is 4.91 Å². The molecule has 5 heteroatoms. The van der Waals surface area contributed by atoms with Crippen LogP contribution in [0, 0.1) is 0 Å². The van der Waals surface area contributed by atoms with Gasteiger partial charge in [-0.25, -0.2) is 0 Å². The lowest BCUT2D eigenvalue weighted by molar-refractivity contribution is -0.118. The number of hydrogen-bond acceptors (Lipinski definition) is 4. The quantitative estimate of drug-likeness (QED) is 0.624. The lowest BCUT2D eigenvalue weighted by Gasteiger charge is -2.10. The number of carbonyl (C=O) groups excluding carboxylic acids is 2. The van der Waals surface area contributed by atoms with Gasteiger partial charge >= 0.3 is 0 Å². The minimum Gasteiger partial charge on any atom is -0.483 e. The maximum atomic E-state index is 12.6. The SMILES string of the molecule is O=C(COc1ccccc1/C=C1\Sc2ccccc2C1=O)Nc1ccccc1. The highest BCUT2D eigenvalue weighted by molar-refractivity contribution is 8.04. The molecule has 1 aliphatic heterocycles. The standard InChI is InChI=1S/C23H17NO3S/c25-22(24-17-9-2-1-3-10-17)15-27-19-12-6-4-8-16(19)14-21-23(26)18-11-5-7-13-20(18)28-21/h1-14H,15H2,(H,24,25)/b21-14-. The molecule has 0 unspecified atom stereocenters. The maximum Gasteiger partial charge on any atom is 0.262 e. The Balaban J connectivity index is 1.47. The van der Waals surface area contributed by atoms with E-state index in [2.05, 4.69) is 5.32 Å². The summed E-state index contributed by atoms with van der Waals surface area (Å²) in [5, 5.41) is 2.79. The van der Waals surface area contributed by atoms with Gasteiger partial charge in [-0.2, -0.15) is 0 Å². The van der Waals surface area contributed by atoms with Crippen molar-refractivity contribution in [2.24, 2.45) is 0 Å². The normalized spacial score (nSPS) is 14.0. The number of ketones is 1. The summed E-state index contributed by atoms with van der Waals surface area (Å²) in [6.45, 7) is -0.115. The fourth-order valence-corrected chi connectivity index (χ4v) is 3.91. The summed E-state index contributed by atoms with van der Waals surface area (Å²) < 4.78 is 5.72. The van der Waals surface area contributed by atoms with Gasteiger partial charge < -0.3 is 10.1 Å². The van der Waals surface area contributed by atoms with Gasteiger partial charge in [0.25, 0.3) is 5.91 Å². The molecule has 0 fully saturated rings. The van der Waals surface area contributed by atoms with Crippen LogP contribution in [0.2, 0.25) is 0 Å². The molecule has 138 valence electrons. The Kier molecular flexibility index (Phi) is 5.26. The fraction of sp³-hybridized carbons (Fsp3) is 0.0435. The molecule has 4 nitrogen and oxygen atoms in total. The Bertz CT molecular complexity index is 1060. The Morgan fingerprint density at radius 3 is 2.46 bits per heavy atom. The predicted octanol–water partition coefficient (Wildman–Crippen LogP) is 5.03. The molecule has 0 aromatic heterocycles. The second-order valence-corrected chi connectivity index (χ2v) is 7.26. The van der Waals surface area contributed by atoms with E-state index in [0.717, 1.165) is 21.7 Å². The van der Waals surface area contributed by atoms with E-state index in [1.807, 2.05) is 78.9 Å². The van der Waals surface area contributed by atoms with E-state index >= 15 is 0 Å². The molecule has 0 spiro atoms. The monoisotopic (exact) mass is 387 g/mol. The van der Waals surface area contributed by atoms with E-state index in [-0.39, 0.29) is 18.3 Å². The summed E-state index contributed by atoms with van der Waals surface area (Å²) in [6, 6.07) is 24.2. The average molecular weight is 387 g/mol. The zero-order chi connectivity index (χ0) is 19.3. The Labute approximate surface area is 167 Å². The molecule has 3 aromatic carbocycles. The minimum absolute atomic E-state index is 0.0113. The van der Waals surface area contributed by atoms with Crippen LogP contribution in [0.1, 0.15) is 15.9 Å². The van der Waals surface area contributed by atoms with E-state index in [1.54, 1.807) is 6.07 Å². The molecule has 3 aromatic rings. The van der Waals surface area contributed by atoms with Crippen LogP contribution in [0.15, 0.2) is 88.7 Å². The maximum absolute atomic E-state index is 12.6. The number of Topliss-reactive ketones (excluding diaryl/α,β-unsaturated/α-hetero) is 1. The smallest absolute Gasteiger partial charge is 0.262 e. The number of anilines is 1. The van der Waals surface area contributed by atoms with Crippen LogP contribution >= 0.6 is 11.8 Å². The number of rotatable bonds is 5. The van der Waals surface area contributed by atoms with Gasteiger partial charge in [-0.15, -0.1) is 0 Å². The highest BCUT2D eigenvalue weighted by Crippen LogP contribution is 2.41. The van der Waals surface area contributed by atoms with Crippen molar-refractivity contribution in [3.63, 3.8) is 0 Å². The van der Waals surface area contributed by atoms with Crippen molar-refractivity contribution in [3.05, 3.63) is 94.9 Å². The second kappa shape index (κ2) is 8.15. The number of amides is 1. The molecule has 0 atom stereocenters. The number of hydrogen-bond donors (Lipinski definition) is 1. The zero-order valence-electron chi connectivity index (χ0n) is 14.9. The van der Waals surface area contributed by atoms with Crippen LogP contribution in [0.5, 0.6) is 5.75 Å². The first-order valence-corrected chi connectivity index (χ1v) is 9.62. The Morgan fingerprint density at radius 2 is 1.64 bits per heavy atom. The predicted molar refractivity (Wildman–Crippen MR) is 112 cm³/mol. The number of carbonyl (C=O) groups is 2. The van der Waals surface area contributed by atoms with E-state index in [9.17, 15) is 9.59 Å². The average Bonchev–Trinajstić information content (AvgIpc) is 3.04. The van der Waals surface area contributed by atoms with Crippen molar-refractivity contribution in [1.29, 1.82) is 0 Å². The van der Waals surface area contributed by atoms with Gasteiger partial charge in [-0.3, -0.25) is 9.59 Å². The minimum atomic E-state index is -0.243. The molecule has 0 radical (unpaired) electrons. The number of fused-ring (bicyclic) bond motifs is 1. The number of allylic oxidation sites excluding steroid dienone is 1. The van der Waals surface area contributed by atoms with Crippen LogP contribution in [0.4, 0.5) is 5.69 Å². The van der Waals surface area contributed by atoms with Crippen LogP contribution in [-0.4, -0.2) is 18.3 Å². The molecule has 1 aliphatic rings. The summed E-state index contributed by atoms with van der Waals surface area (Å²) in [4.78, 5) is 26.3. The molecule has 4 rings (SSSR count). The van der Waals surface area contributed by atoms with Crippen LogP contribution in [0.25, 0.3) is 6.08 Å². The molecule has 0 saturated carbocycles. The summed E-state index contributed by atoms with van der Waals surface area (Å²) >= 11 is 1.45. The van der Waals surface area contributed by atoms with E-state index < -0.39 is 0 Å². The topological polar surface area (TPSA) is 55.4 Å². The van der Waals surface area contributed by atoms with Gasteiger partial charge in [0.15, 0.2) is 6.61 Å². The summed E-state index contributed by atoms with van der Waals surface area (Å²) in [7, 11) is 0. The fourth-order valence-electron chi connectivity index (χ4n) is 2.87. The van der Waals surface area contributed by atoms with Crippen molar-refractivity contribution in [2.45, 2.75) is 4.90 Å². The van der Waals surface area contributed by atoms with Crippen LogP contribution < -0.4 is 10.1 Å². The summed E-state index contributed by atoms with van der Waals surface area (Å²) in [5.74, 6) is 0.326. The van der Waals surface area contributed by atoms with Crippen molar-refractivity contribution < 1.29 is 14.3 Å².